The number of ether oxygens (including phenoxy) is 2. The summed E-state index contributed by atoms with van der Waals surface area (Å²) in [4.78, 5) is 37.0. The zero-order chi connectivity index (χ0) is 19.2. The van der Waals surface area contributed by atoms with Gasteiger partial charge in [0.25, 0.3) is 11.8 Å². The molecule has 0 radical (unpaired) electrons. The SMILES string of the molecule is CO[C@H]1C(=O)N2C(C(=O)NC(C)(C)C)=C(COC(C)=O)CS(=O)(=O)[C@H]12. The second kappa shape index (κ2) is 6.41. The maximum absolute atomic E-state index is 12.7. The summed E-state index contributed by atoms with van der Waals surface area (Å²) in [6, 6.07) is 0. The number of carbonyl (C=O) groups is 3. The first-order valence-corrected chi connectivity index (χ1v) is 9.36. The average Bonchev–Trinajstić information content (AvgIpc) is 2.43. The van der Waals surface area contributed by atoms with Crippen molar-refractivity contribution in [1.29, 1.82) is 0 Å². The smallest absolute Gasteiger partial charge is 0.302 e. The Labute approximate surface area is 146 Å². The van der Waals surface area contributed by atoms with Gasteiger partial charge in [0, 0.05) is 25.1 Å². The highest BCUT2D eigenvalue weighted by Gasteiger charge is 2.60. The van der Waals surface area contributed by atoms with Crippen LogP contribution in [0.25, 0.3) is 0 Å². The Morgan fingerprint density at radius 3 is 2.40 bits per heavy atom. The Morgan fingerprint density at radius 2 is 1.92 bits per heavy atom. The minimum Gasteiger partial charge on any atom is -0.461 e. The van der Waals surface area contributed by atoms with Crippen molar-refractivity contribution in [2.75, 3.05) is 19.5 Å². The van der Waals surface area contributed by atoms with Gasteiger partial charge in [-0.15, -0.1) is 0 Å². The van der Waals surface area contributed by atoms with Gasteiger partial charge in [-0.05, 0) is 20.8 Å². The normalized spacial score (nSPS) is 25.2. The second-order valence-electron chi connectivity index (χ2n) is 7.00. The summed E-state index contributed by atoms with van der Waals surface area (Å²) in [5, 5.41) is 1.46. The number of amides is 2. The molecule has 0 aliphatic carbocycles. The number of nitrogens with zero attached hydrogens (tertiary/aromatic N) is 1. The van der Waals surface area contributed by atoms with Crippen molar-refractivity contribution in [3.63, 3.8) is 0 Å². The fourth-order valence-corrected chi connectivity index (χ4v) is 4.79. The highest BCUT2D eigenvalue weighted by molar-refractivity contribution is 7.92. The van der Waals surface area contributed by atoms with Crippen LogP contribution in [-0.2, 0) is 33.7 Å². The average molecular weight is 374 g/mol. The molecular formula is C15H22N2O7S. The molecule has 0 aromatic rings. The van der Waals surface area contributed by atoms with Crippen molar-refractivity contribution in [2.24, 2.45) is 0 Å². The highest BCUT2D eigenvalue weighted by Crippen LogP contribution is 2.38. The van der Waals surface area contributed by atoms with Gasteiger partial charge in [0.1, 0.15) is 12.3 Å². The van der Waals surface area contributed by atoms with E-state index in [1.807, 2.05) is 0 Å². The quantitative estimate of drug-likeness (QED) is 0.512. The number of hydrogen-bond donors (Lipinski definition) is 1. The molecule has 0 spiro atoms. The molecule has 0 bridgehead atoms. The van der Waals surface area contributed by atoms with Gasteiger partial charge in [-0.3, -0.25) is 19.3 Å². The summed E-state index contributed by atoms with van der Waals surface area (Å²) in [7, 11) is -2.54. The standard InChI is InChI=1S/C15H22N2O7S/c1-8(18)24-6-9-7-25(21,22)14-11(23-5)13(20)17(14)10(9)12(19)16-15(2,3)4/h11,14H,6-7H2,1-5H3,(H,16,19)/t11-,14+/m0/s1. The third kappa shape index (κ3) is 3.69. The summed E-state index contributed by atoms with van der Waals surface area (Å²) in [6.45, 7) is 6.05. The molecule has 0 aromatic heterocycles. The molecule has 10 heteroatoms. The van der Waals surface area contributed by atoms with Gasteiger partial charge in [-0.25, -0.2) is 8.42 Å². The van der Waals surface area contributed by atoms with Gasteiger partial charge in [-0.1, -0.05) is 0 Å². The molecule has 2 aliphatic heterocycles. The van der Waals surface area contributed by atoms with Crippen LogP contribution in [0.3, 0.4) is 0 Å². The first-order valence-electron chi connectivity index (χ1n) is 7.64. The summed E-state index contributed by atoms with van der Waals surface area (Å²) in [5.41, 5.74) is -0.623. The minimum atomic E-state index is -3.77. The first-order chi connectivity index (χ1) is 11.4. The molecule has 0 saturated carbocycles. The number of methoxy groups -OCH3 is 1. The molecule has 0 aromatic carbocycles. The number of fused-ring (bicyclic) bond motifs is 1. The predicted octanol–water partition coefficient (Wildman–Crippen LogP) is -0.670. The van der Waals surface area contributed by atoms with Crippen LogP contribution in [0.4, 0.5) is 0 Å². The predicted molar refractivity (Wildman–Crippen MR) is 86.8 cm³/mol. The van der Waals surface area contributed by atoms with Gasteiger partial charge < -0.3 is 14.8 Å². The van der Waals surface area contributed by atoms with Crippen molar-refractivity contribution in [2.45, 2.75) is 44.7 Å². The lowest BCUT2D eigenvalue weighted by atomic mass is 10.0. The Bertz CT molecular complexity index is 748. The molecule has 1 N–H and O–H groups in total. The van der Waals surface area contributed by atoms with Crippen molar-refractivity contribution in [3.8, 4) is 0 Å². The monoisotopic (exact) mass is 374 g/mol. The molecule has 1 saturated heterocycles. The molecule has 0 unspecified atom stereocenters. The molecule has 2 rings (SSSR count). The van der Waals surface area contributed by atoms with E-state index in [9.17, 15) is 22.8 Å². The molecule has 2 aliphatic rings. The van der Waals surface area contributed by atoms with Crippen LogP contribution >= 0.6 is 0 Å². The largest absolute Gasteiger partial charge is 0.461 e. The fourth-order valence-electron chi connectivity index (χ4n) is 2.78. The van der Waals surface area contributed by atoms with Gasteiger partial charge >= 0.3 is 5.97 Å². The van der Waals surface area contributed by atoms with Gasteiger partial charge in [0.15, 0.2) is 21.3 Å². The summed E-state index contributed by atoms with van der Waals surface area (Å²) < 4.78 is 34.8. The topological polar surface area (TPSA) is 119 Å². The molecule has 2 amide bonds. The molecule has 1 fully saturated rings. The molecular weight excluding hydrogens is 352 g/mol. The maximum atomic E-state index is 12.7. The number of carbonyl (C=O) groups excluding carboxylic acids is 3. The third-order valence-electron chi connectivity index (χ3n) is 3.72. The van der Waals surface area contributed by atoms with Gasteiger partial charge in [0.2, 0.25) is 0 Å². The molecule has 140 valence electrons. The zero-order valence-corrected chi connectivity index (χ0v) is 15.6. The molecule has 2 atom stereocenters. The van der Waals surface area contributed by atoms with Crippen LogP contribution in [0.15, 0.2) is 11.3 Å². The van der Waals surface area contributed by atoms with Crippen LogP contribution in [0, 0.1) is 0 Å². The van der Waals surface area contributed by atoms with Crippen LogP contribution in [0.5, 0.6) is 0 Å². The van der Waals surface area contributed by atoms with Crippen LogP contribution in [0.2, 0.25) is 0 Å². The van der Waals surface area contributed by atoms with Crippen molar-refractivity contribution >= 4 is 27.6 Å². The zero-order valence-electron chi connectivity index (χ0n) is 14.8. The molecule has 25 heavy (non-hydrogen) atoms. The Balaban J connectivity index is 2.49. The second-order valence-corrected chi connectivity index (χ2v) is 9.10. The van der Waals surface area contributed by atoms with E-state index < -0.39 is 50.4 Å². The summed E-state index contributed by atoms with van der Waals surface area (Å²) in [5.74, 6) is -2.32. The van der Waals surface area contributed by atoms with E-state index in [0.29, 0.717) is 0 Å². The summed E-state index contributed by atoms with van der Waals surface area (Å²) in [6.07, 6.45) is -1.14. The fraction of sp³-hybridized carbons (Fsp3) is 0.667. The summed E-state index contributed by atoms with van der Waals surface area (Å²) >= 11 is 0. The lowest BCUT2D eigenvalue weighted by Gasteiger charge is -2.48. The van der Waals surface area contributed by atoms with Crippen LogP contribution in [0.1, 0.15) is 27.7 Å². The van der Waals surface area contributed by atoms with E-state index in [-0.39, 0.29) is 17.9 Å². The van der Waals surface area contributed by atoms with E-state index in [1.54, 1.807) is 20.8 Å². The Morgan fingerprint density at radius 1 is 1.32 bits per heavy atom. The van der Waals surface area contributed by atoms with E-state index >= 15 is 0 Å². The third-order valence-corrected chi connectivity index (χ3v) is 5.67. The maximum Gasteiger partial charge on any atom is 0.302 e. The van der Waals surface area contributed by atoms with Crippen molar-refractivity contribution in [1.82, 2.24) is 10.2 Å². The molecule has 2 heterocycles. The highest BCUT2D eigenvalue weighted by atomic mass is 32.2. The molecule has 9 nitrogen and oxygen atoms in total. The van der Waals surface area contributed by atoms with Gasteiger partial charge in [-0.2, -0.15) is 0 Å². The first kappa shape index (κ1) is 19.4. The van der Waals surface area contributed by atoms with E-state index in [1.165, 1.54) is 14.0 Å². The Hall–Kier alpha value is -1.94. The number of rotatable bonds is 4. The van der Waals surface area contributed by atoms with Crippen LogP contribution in [-0.4, -0.2) is 67.6 Å². The number of β-lactam (4-membered cyclic amide) rings is 1. The lowest BCUT2D eigenvalue weighted by molar-refractivity contribution is -0.161. The lowest BCUT2D eigenvalue weighted by Crippen LogP contribution is -2.71. The van der Waals surface area contributed by atoms with E-state index in [0.717, 1.165) is 4.90 Å². The van der Waals surface area contributed by atoms with Gasteiger partial charge in [0.05, 0.1) is 5.75 Å². The van der Waals surface area contributed by atoms with Crippen LogP contribution < -0.4 is 5.32 Å². The minimum absolute atomic E-state index is 0.0658. The van der Waals surface area contributed by atoms with Crippen molar-refractivity contribution < 1.29 is 32.3 Å². The van der Waals surface area contributed by atoms with Crippen molar-refractivity contribution in [3.05, 3.63) is 11.3 Å². The number of sulfone groups is 1. The van der Waals surface area contributed by atoms with E-state index in [4.69, 9.17) is 9.47 Å². The Kier molecular flexibility index (Phi) is 4.97. The number of esters is 1. The van der Waals surface area contributed by atoms with E-state index in [2.05, 4.69) is 5.32 Å². The number of hydrogen-bond acceptors (Lipinski definition) is 7. The number of nitrogens with one attached hydrogen (secondary N) is 1.